The van der Waals surface area contributed by atoms with Gasteiger partial charge in [0.2, 0.25) is 5.91 Å². The van der Waals surface area contributed by atoms with E-state index in [0.29, 0.717) is 13.0 Å². The van der Waals surface area contributed by atoms with Crippen LogP contribution in [-0.2, 0) is 4.79 Å². The number of carbonyl (C=O) groups excluding carboxylic acids is 1. The van der Waals surface area contributed by atoms with Crippen molar-refractivity contribution in [1.82, 2.24) is 5.32 Å². The lowest BCUT2D eigenvalue weighted by atomic mass is 10.0. The SMILES string of the molecule is CC1(C(=O)NCCCCC(N)=NO)CCCS1. The summed E-state index contributed by atoms with van der Waals surface area (Å²) in [5, 5.41) is 14.2. The number of nitrogens with zero attached hydrogens (tertiary/aromatic N) is 1. The molecule has 1 amide bonds. The summed E-state index contributed by atoms with van der Waals surface area (Å²) >= 11 is 1.74. The molecule has 0 bridgehead atoms. The van der Waals surface area contributed by atoms with Crippen molar-refractivity contribution >= 4 is 23.5 Å². The molecule has 1 fully saturated rings. The molecule has 1 atom stereocenters. The summed E-state index contributed by atoms with van der Waals surface area (Å²) in [4.78, 5) is 11.9. The first-order valence-corrected chi connectivity index (χ1v) is 6.96. The van der Waals surface area contributed by atoms with Gasteiger partial charge in [-0.2, -0.15) is 0 Å². The predicted octanol–water partition coefficient (Wildman–Crippen LogP) is 1.31. The Kier molecular flexibility index (Phi) is 5.61. The number of hydrogen-bond acceptors (Lipinski definition) is 4. The van der Waals surface area contributed by atoms with E-state index in [1.807, 2.05) is 6.92 Å². The topological polar surface area (TPSA) is 87.7 Å². The van der Waals surface area contributed by atoms with Crippen LogP contribution in [0.4, 0.5) is 0 Å². The standard InChI is InChI=1S/C11H21N3O2S/c1-11(6-4-8-17-11)10(15)13-7-3-2-5-9(12)14-16/h16H,2-8H2,1H3,(H2,12,14)(H,13,15). The summed E-state index contributed by atoms with van der Waals surface area (Å²) in [6.45, 7) is 2.67. The number of carbonyl (C=O) groups is 1. The van der Waals surface area contributed by atoms with E-state index in [4.69, 9.17) is 10.9 Å². The second-order valence-corrected chi connectivity index (χ2v) is 6.09. The van der Waals surface area contributed by atoms with Crippen LogP contribution in [0.25, 0.3) is 0 Å². The van der Waals surface area contributed by atoms with E-state index in [9.17, 15) is 4.79 Å². The van der Waals surface area contributed by atoms with Crippen molar-refractivity contribution in [3.05, 3.63) is 0 Å². The molecule has 1 aliphatic heterocycles. The summed E-state index contributed by atoms with van der Waals surface area (Å²) in [5.74, 6) is 1.46. The van der Waals surface area contributed by atoms with Crippen LogP contribution in [-0.4, -0.2) is 34.0 Å². The van der Waals surface area contributed by atoms with Crippen LogP contribution in [0, 0.1) is 0 Å². The number of amidine groups is 1. The zero-order valence-corrected chi connectivity index (χ0v) is 11.1. The zero-order valence-electron chi connectivity index (χ0n) is 10.2. The molecule has 17 heavy (non-hydrogen) atoms. The third-order valence-electron chi connectivity index (χ3n) is 2.97. The second kappa shape index (κ2) is 6.74. The summed E-state index contributed by atoms with van der Waals surface area (Å²) < 4.78 is -0.231. The highest BCUT2D eigenvalue weighted by Crippen LogP contribution is 2.37. The van der Waals surface area contributed by atoms with Gasteiger partial charge in [-0.1, -0.05) is 5.16 Å². The van der Waals surface area contributed by atoms with E-state index in [2.05, 4.69) is 10.5 Å². The maximum Gasteiger partial charge on any atom is 0.235 e. The van der Waals surface area contributed by atoms with E-state index in [1.165, 1.54) is 0 Å². The van der Waals surface area contributed by atoms with Gasteiger partial charge in [0.1, 0.15) is 5.84 Å². The highest BCUT2D eigenvalue weighted by atomic mass is 32.2. The molecule has 98 valence electrons. The van der Waals surface area contributed by atoms with Gasteiger partial charge in [-0.05, 0) is 38.4 Å². The Bertz CT molecular complexity index is 288. The highest BCUT2D eigenvalue weighted by molar-refractivity contribution is 8.01. The predicted molar refractivity (Wildman–Crippen MR) is 70.4 cm³/mol. The molecule has 1 aliphatic rings. The molecule has 0 aliphatic carbocycles. The fourth-order valence-corrected chi connectivity index (χ4v) is 3.06. The summed E-state index contributed by atoms with van der Waals surface area (Å²) in [6.07, 6.45) is 4.33. The van der Waals surface area contributed by atoms with Crippen LogP contribution in [0.2, 0.25) is 0 Å². The molecule has 0 aromatic heterocycles. The van der Waals surface area contributed by atoms with Gasteiger partial charge < -0.3 is 16.3 Å². The quantitative estimate of drug-likeness (QED) is 0.221. The van der Waals surface area contributed by atoms with Gasteiger partial charge in [-0.3, -0.25) is 4.79 Å². The highest BCUT2D eigenvalue weighted by Gasteiger charge is 2.36. The number of rotatable bonds is 6. The van der Waals surface area contributed by atoms with E-state index < -0.39 is 0 Å². The number of oxime groups is 1. The van der Waals surface area contributed by atoms with Crippen LogP contribution >= 0.6 is 11.8 Å². The number of thioether (sulfide) groups is 1. The first kappa shape index (κ1) is 14.2. The average molecular weight is 259 g/mol. The molecule has 1 saturated heterocycles. The normalized spacial score (nSPS) is 24.9. The van der Waals surface area contributed by atoms with Crippen LogP contribution in [0.15, 0.2) is 5.16 Å². The molecule has 0 saturated carbocycles. The Hall–Kier alpha value is -0.910. The number of amides is 1. The number of unbranched alkanes of at least 4 members (excludes halogenated alkanes) is 1. The fourth-order valence-electron chi connectivity index (χ4n) is 1.83. The van der Waals surface area contributed by atoms with Crippen molar-refractivity contribution < 1.29 is 10.0 Å². The van der Waals surface area contributed by atoms with Gasteiger partial charge in [0.15, 0.2) is 0 Å². The molecule has 5 nitrogen and oxygen atoms in total. The van der Waals surface area contributed by atoms with Gasteiger partial charge in [0.25, 0.3) is 0 Å². The van der Waals surface area contributed by atoms with Crippen molar-refractivity contribution in [3.8, 4) is 0 Å². The lowest BCUT2D eigenvalue weighted by molar-refractivity contribution is -0.123. The van der Waals surface area contributed by atoms with Crippen molar-refractivity contribution in [2.75, 3.05) is 12.3 Å². The molecule has 4 N–H and O–H groups in total. The Morgan fingerprint density at radius 3 is 2.94 bits per heavy atom. The Morgan fingerprint density at radius 1 is 1.59 bits per heavy atom. The van der Waals surface area contributed by atoms with Gasteiger partial charge in [0, 0.05) is 13.0 Å². The Labute approximate surface area is 106 Å². The molecule has 0 radical (unpaired) electrons. The third kappa shape index (κ3) is 4.46. The van der Waals surface area contributed by atoms with E-state index >= 15 is 0 Å². The van der Waals surface area contributed by atoms with Crippen LogP contribution in [0.1, 0.15) is 39.0 Å². The summed E-state index contributed by atoms with van der Waals surface area (Å²) in [6, 6.07) is 0. The smallest absolute Gasteiger partial charge is 0.235 e. The van der Waals surface area contributed by atoms with Crippen molar-refractivity contribution in [3.63, 3.8) is 0 Å². The molecule has 0 spiro atoms. The van der Waals surface area contributed by atoms with Crippen molar-refractivity contribution in [1.29, 1.82) is 0 Å². The first-order valence-electron chi connectivity index (χ1n) is 5.97. The third-order valence-corrected chi connectivity index (χ3v) is 4.49. The first-order chi connectivity index (χ1) is 8.08. The fraction of sp³-hybridized carbons (Fsp3) is 0.818. The van der Waals surface area contributed by atoms with E-state index in [-0.39, 0.29) is 16.5 Å². The zero-order chi connectivity index (χ0) is 12.7. The molecule has 1 rings (SSSR count). The lowest BCUT2D eigenvalue weighted by Crippen LogP contribution is -2.40. The average Bonchev–Trinajstić information content (AvgIpc) is 2.76. The second-order valence-electron chi connectivity index (χ2n) is 4.49. The van der Waals surface area contributed by atoms with Gasteiger partial charge in [-0.15, -0.1) is 11.8 Å². The molecule has 0 aromatic carbocycles. The van der Waals surface area contributed by atoms with E-state index in [0.717, 1.165) is 31.4 Å². The maximum atomic E-state index is 11.9. The Morgan fingerprint density at radius 2 is 2.35 bits per heavy atom. The molecule has 0 aromatic rings. The van der Waals surface area contributed by atoms with Crippen molar-refractivity contribution in [2.24, 2.45) is 10.9 Å². The summed E-state index contributed by atoms with van der Waals surface area (Å²) in [7, 11) is 0. The number of nitrogens with two attached hydrogens (primary N) is 1. The van der Waals surface area contributed by atoms with Gasteiger partial charge in [-0.25, -0.2) is 0 Å². The minimum absolute atomic E-state index is 0.142. The Balaban J connectivity index is 2.12. The van der Waals surface area contributed by atoms with E-state index in [1.54, 1.807) is 11.8 Å². The number of nitrogens with one attached hydrogen (secondary N) is 1. The molecule has 6 heteroatoms. The molecular weight excluding hydrogens is 238 g/mol. The largest absolute Gasteiger partial charge is 0.409 e. The van der Waals surface area contributed by atoms with Crippen LogP contribution in [0.3, 0.4) is 0 Å². The van der Waals surface area contributed by atoms with Gasteiger partial charge >= 0.3 is 0 Å². The van der Waals surface area contributed by atoms with Crippen molar-refractivity contribution in [2.45, 2.75) is 43.8 Å². The lowest BCUT2D eigenvalue weighted by Gasteiger charge is -2.21. The van der Waals surface area contributed by atoms with Gasteiger partial charge in [0.05, 0.1) is 4.75 Å². The maximum absolute atomic E-state index is 11.9. The van der Waals surface area contributed by atoms with Crippen LogP contribution in [0.5, 0.6) is 0 Å². The number of hydrogen-bond donors (Lipinski definition) is 3. The monoisotopic (exact) mass is 259 g/mol. The molecule has 1 heterocycles. The minimum atomic E-state index is -0.231. The molecular formula is C11H21N3O2S. The minimum Gasteiger partial charge on any atom is -0.409 e. The van der Waals surface area contributed by atoms with Crippen LogP contribution < -0.4 is 11.1 Å². The summed E-state index contributed by atoms with van der Waals surface area (Å²) in [5.41, 5.74) is 5.34. The molecule has 1 unspecified atom stereocenters.